The van der Waals surface area contributed by atoms with Gasteiger partial charge in [-0.3, -0.25) is 0 Å². The van der Waals surface area contributed by atoms with Gasteiger partial charge in [0, 0.05) is 7.05 Å². The largest absolute Gasteiger partial charge is 0.388 e. The average molecular weight is 233 g/mol. The van der Waals surface area contributed by atoms with Crippen LogP contribution in [0.15, 0.2) is 18.2 Å². The number of nitrogens with zero attached hydrogens (tertiary/aromatic N) is 2. The van der Waals surface area contributed by atoms with Crippen LogP contribution >= 0.6 is 0 Å². The van der Waals surface area contributed by atoms with Crippen LogP contribution in [0.4, 0.5) is 0 Å². The summed E-state index contributed by atoms with van der Waals surface area (Å²) >= 11 is 0. The quantitative estimate of drug-likeness (QED) is 0.844. The zero-order valence-corrected chi connectivity index (χ0v) is 10.3. The van der Waals surface area contributed by atoms with E-state index in [0.717, 1.165) is 28.8 Å². The lowest BCUT2D eigenvalue weighted by molar-refractivity contribution is 0.165. The zero-order chi connectivity index (χ0) is 12.4. The summed E-state index contributed by atoms with van der Waals surface area (Å²) in [6, 6.07) is 5.94. The number of rotatable bonds is 4. The van der Waals surface area contributed by atoms with Crippen LogP contribution in [0.1, 0.15) is 30.3 Å². The van der Waals surface area contributed by atoms with Crippen molar-refractivity contribution in [2.24, 2.45) is 12.8 Å². The van der Waals surface area contributed by atoms with Crippen LogP contribution in [0.5, 0.6) is 0 Å². The molecule has 1 heterocycles. The van der Waals surface area contributed by atoms with E-state index in [2.05, 4.69) is 4.98 Å². The molecule has 2 aromatic rings. The van der Waals surface area contributed by atoms with Crippen molar-refractivity contribution in [3.8, 4) is 0 Å². The summed E-state index contributed by atoms with van der Waals surface area (Å²) in [5.74, 6) is 0.980. The van der Waals surface area contributed by atoms with Gasteiger partial charge < -0.3 is 15.4 Å². The zero-order valence-electron chi connectivity index (χ0n) is 10.3. The molecule has 2 rings (SSSR count). The Hall–Kier alpha value is -1.39. The third kappa shape index (κ3) is 2.33. The van der Waals surface area contributed by atoms with Crippen molar-refractivity contribution in [2.45, 2.75) is 25.9 Å². The van der Waals surface area contributed by atoms with E-state index in [1.807, 2.05) is 36.7 Å². The lowest BCUT2D eigenvalue weighted by atomic mass is 10.0. The first-order chi connectivity index (χ1) is 8.13. The van der Waals surface area contributed by atoms with Gasteiger partial charge in [0.15, 0.2) is 0 Å². The van der Waals surface area contributed by atoms with Gasteiger partial charge in [0.2, 0.25) is 0 Å². The molecule has 0 saturated carbocycles. The fourth-order valence-electron chi connectivity index (χ4n) is 2.02. The average Bonchev–Trinajstić information content (AvgIpc) is 2.61. The summed E-state index contributed by atoms with van der Waals surface area (Å²) in [5.41, 5.74) is 8.40. The highest BCUT2D eigenvalue weighted by molar-refractivity contribution is 5.76. The van der Waals surface area contributed by atoms with E-state index in [4.69, 9.17) is 5.73 Å². The van der Waals surface area contributed by atoms with Gasteiger partial charge >= 0.3 is 0 Å². The first-order valence-electron chi connectivity index (χ1n) is 5.94. The van der Waals surface area contributed by atoms with Crippen molar-refractivity contribution in [3.63, 3.8) is 0 Å². The highest BCUT2D eigenvalue weighted by Crippen LogP contribution is 2.23. The maximum Gasteiger partial charge on any atom is 0.106 e. The molecule has 1 atom stereocenters. The van der Waals surface area contributed by atoms with E-state index >= 15 is 0 Å². The molecule has 1 aromatic heterocycles. The number of aliphatic hydroxyl groups is 1. The highest BCUT2D eigenvalue weighted by Gasteiger charge is 2.10. The standard InChI is InChI=1S/C13H19N3O/c1-9-15-11-8-10(13(17)4-3-7-14)5-6-12(11)16(9)2/h5-6,8,13,17H,3-4,7,14H2,1-2H3. The Bertz CT molecular complexity index is 519. The van der Waals surface area contributed by atoms with Crippen molar-refractivity contribution < 1.29 is 5.11 Å². The molecule has 0 aliphatic rings. The summed E-state index contributed by atoms with van der Waals surface area (Å²) < 4.78 is 2.05. The van der Waals surface area contributed by atoms with Crippen molar-refractivity contribution in [2.75, 3.05) is 6.54 Å². The van der Waals surface area contributed by atoms with Crippen LogP contribution in [-0.2, 0) is 7.05 Å². The normalized spacial score (nSPS) is 13.2. The Morgan fingerprint density at radius 3 is 2.94 bits per heavy atom. The highest BCUT2D eigenvalue weighted by atomic mass is 16.3. The molecule has 0 aliphatic heterocycles. The first-order valence-corrected chi connectivity index (χ1v) is 5.94. The lowest BCUT2D eigenvalue weighted by Gasteiger charge is -2.10. The molecule has 0 spiro atoms. The number of hydrogen-bond acceptors (Lipinski definition) is 3. The third-order valence-electron chi connectivity index (χ3n) is 3.19. The molecule has 92 valence electrons. The molecule has 0 amide bonds. The van der Waals surface area contributed by atoms with Crippen molar-refractivity contribution in [1.29, 1.82) is 0 Å². The second-order valence-electron chi connectivity index (χ2n) is 4.41. The fraction of sp³-hybridized carbons (Fsp3) is 0.462. The molecule has 4 heteroatoms. The SMILES string of the molecule is Cc1nc2cc(C(O)CCCN)ccc2n1C. The van der Waals surface area contributed by atoms with E-state index in [1.165, 1.54) is 0 Å². The maximum atomic E-state index is 10.00. The number of imidazole rings is 1. The number of hydrogen-bond donors (Lipinski definition) is 2. The molecule has 1 aromatic carbocycles. The minimum atomic E-state index is -0.440. The summed E-state index contributed by atoms with van der Waals surface area (Å²) in [6.07, 6.45) is 1.10. The van der Waals surface area contributed by atoms with Crippen LogP contribution in [0.25, 0.3) is 11.0 Å². The molecular formula is C13H19N3O. The predicted octanol–water partition coefficient (Wildman–Crippen LogP) is 1.65. The molecule has 0 saturated heterocycles. The lowest BCUT2D eigenvalue weighted by Crippen LogP contribution is -2.03. The van der Waals surface area contributed by atoms with Crippen LogP contribution in [0.2, 0.25) is 0 Å². The summed E-state index contributed by atoms with van der Waals surface area (Å²) in [4.78, 5) is 4.46. The van der Waals surface area contributed by atoms with E-state index in [0.29, 0.717) is 13.0 Å². The van der Waals surface area contributed by atoms with Gasteiger partial charge in [-0.2, -0.15) is 0 Å². The minimum absolute atomic E-state index is 0.440. The topological polar surface area (TPSA) is 64.1 Å². The Balaban J connectivity index is 2.31. The van der Waals surface area contributed by atoms with Gasteiger partial charge in [0.25, 0.3) is 0 Å². The molecule has 0 radical (unpaired) electrons. The molecule has 17 heavy (non-hydrogen) atoms. The van der Waals surface area contributed by atoms with Gasteiger partial charge in [-0.25, -0.2) is 4.98 Å². The van der Waals surface area contributed by atoms with Gasteiger partial charge in [0.05, 0.1) is 17.1 Å². The smallest absolute Gasteiger partial charge is 0.106 e. The molecule has 4 nitrogen and oxygen atoms in total. The Kier molecular flexibility index (Phi) is 3.45. The van der Waals surface area contributed by atoms with Crippen molar-refractivity contribution >= 4 is 11.0 Å². The predicted molar refractivity (Wildman–Crippen MR) is 68.7 cm³/mol. The van der Waals surface area contributed by atoms with Crippen LogP contribution in [-0.4, -0.2) is 21.2 Å². The first kappa shape index (κ1) is 12.1. The van der Waals surface area contributed by atoms with Crippen LogP contribution in [0, 0.1) is 6.92 Å². The number of aliphatic hydroxyl groups excluding tert-OH is 1. The third-order valence-corrected chi connectivity index (χ3v) is 3.19. The molecular weight excluding hydrogens is 214 g/mol. The maximum absolute atomic E-state index is 10.00. The number of aromatic nitrogens is 2. The molecule has 0 bridgehead atoms. The number of aryl methyl sites for hydroxylation is 2. The number of fused-ring (bicyclic) bond motifs is 1. The van der Waals surface area contributed by atoms with Crippen molar-refractivity contribution in [3.05, 3.63) is 29.6 Å². The van der Waals surface area contributed by atoms with Gasteiger partial charge in [0.1, 0.15) is 5.82 Å². The Morgan fingerprint density at radius 1 is 1.47 bits per heavy atom. The molecule has 0 aliphatic carbocycles. The van der Waals surface area contributed by atoms with Gasteiger partial charge in [-0.15, -0.1) is 0 Å². The Labute approximate surface area is 101 Å². The Morgan fingerprint density at radius 2 is 2.24 bits per heavy atom. The fourth-order valence-corrected chi connectivity index (χ4v) is 2.02. The molecule has 3 N–H and O–H groups in total. The summed E-state index contributed by atoms with van der Waals surface area (Å²) in [5, 5.41) is 10.00. The minimum Gasteiger partial charge on any atom is -0.388 e. The van der Waals surface area contributed by atoms with E-state index in [1.54, 1.807) is 0 Å². The second-order valence-corrected chi connectivity index (χ2v) is 4.41. The number of nitrogens with two attached hydrogens (primary N) is 1. The van der Waals surface area contributed by atoms with Gasteiger partial charge in [-0.05, 0) is 44.0 Å². The summed E-state index contributed by atoms with van der Waals surface area (Å²) in [6.45, 7) is 2.59. The second kappa shape index (κ2) is 4.85. The number of benzene rings is 1. The molecule has 0 fully saturated rings. The van der Waals surface area contributed by atoms with E-state index in [-0.39, 0.29) is 0 Å². The van der Waals surface area contributed by atoms with Crippen molar-refractivity contribution in [1.82, 2.24) is 9.55 Å². The van der Waals surface area contributed by atoms with Crippen LogP contribution in [0.3, 0.4) is 0 Å². The van der Waals surface area contributed by atoms with Crippen LogP contribution < -0.4 is 5.73 Å². The van der Waals surface area contributed by atoms with E-state index in [9.17, 15) is 5.11 Å². The van der Waals surface area contributed by atoms with Gasteiger partial charge in [-0.1, -0.05) is 6.07 Å². The monoisotopic (exact) mass is 233 g/mol. The van der Waals surface area contributed by atoms with E-state index < -0.39 is 6.10 Å². The summed E-state index contributed by atoms with van der Waals surface area (Å²) in [7, 11) is 2.00. The molecule has 1 unspecified atom stereocenters.